The number of guanidine groups is 1. The highest BCUT2D eigenvalue weighted by molar-refractivity contribution is 5.80. The van der Waals surface area contributed by atoms with Crippen LogP contribution in [0.25, 0.3) is 0 Å². The van der Waals surface area contributed by atoms with Crippen molar-refractivity contribution in [2.75, 3.05) is 20.1 Å². The van der Waals surface area contributed by atoms with E-state index in [9.17, 15) is 0 Å². The summed E-state index contributed by atoms with van der Waals surface area (Å²) in [5.74, 6) is 2.64. The highest BCUT2D eigenvalue weighted by atomic mass is 16.4. The van der Waals surface area contributed by atoms with Crippen LogP contribution in [0, 0.1) is 0 Å². The molecule has 17 heavy (non-hydrogen) atoms. The zero-order valence-electron chi connectivity index (χ0n) is 10.6. The number of aliphatic imine (C=N–C) groups is 1. The first kappa shape index (κ1) is 12.0. The molecule has 1 aromatic rings. The Morgan fingerprint density at radius 2 is 2.41 bits per heavy atom. The average molecular weight is 236 g/mol. The molecule has 0 bridgehead atoms. The van der Waals surface area contributed by atoms with Crippen molar-refractivity contribution in [3.05, 3.63) is 17.8 Å². The number of rotatable bonds is 4. The molecule has 5 heteroatoms. The monoisotopic (exact) mass is 236 g/mol. The summed E-state index contributed by atoms with van der Waals surface area (Å²) in [7, 11) is 2.05. The minimum Gasteiger partial charge on any atom is -0.444 e. The van der Waals surface area contributed by atoms with E-state index in [1.54, 1.807) is 6.20 Å². The highest BCUT2D eigenvalue weighted by Crippen LogP contribution is 2.06. The SMILES string of the molecule is CCCc1ncc(CNC2=NCCCN2C)o1. The minimum absolute atomic E-state index is 0.653. The Bertz CT molecular complexity index is 386. The van der Waals surface area contributed by atoms with Crippen LogP contribution in [0.1, 0.15) is 31.4 Å². The second kappa shape index (κ2) is 5.70. The molecule has 0 saturated carbocycles. The van der Waals surface area contributed by atoms with E-state index in [0.29, 0.717) is 6.54 Å². The molecule has 1 aromatic heterocycles. The van der Waals surface area contributed by atoms with E-state index in [2.05, 4.69) is 27.1 Å². The summed E-state index contributed by atoms with van der Waals surface area (Å²) in [6.07, 6.45) is 4.88. The van der Waals surface area contributed by atoms with Crippen molar-refractivity contribution < 1.29 is 4.42 Å². The Labute approximate surface area is 102 Å². The summed E-state index contributed by atoms with van der Waals surface area (Å²) in [6.45, 7) is 4.74. The summed E-state index contributed by atoms with van der Waals surface area (Å²) in [4.78, 5) is 10.8. The minimum atomic E-state index is 0.653. The summed E-state index contributed by atoms with van der Waals surface area (Å²) < 4.78 is 5.60. The number of oxazole rings is 1. The second-order valence-corrected chi connectivity index (χ2v) is 4.30. The third-order valence-corrected chi connectivity index (χ3v) is 2.76. The number of nitrogens with zero attached hydrogens (tertiary/aromatic N) is 3. The molecule has 0 spiro atoms. The summed E-state index contributed by atoms with van der Waals surface area (Å²) >= 11 is 0. The molecule has 0 fully saturated rings. The molecule has 0 saturated heterocycles. The van der Waals surface area contributed by atoms with Crippen LogP contribution in [-0.2, 0) is 13.0 Å². The first-order valence-electron chi connectivity index (χ1n) is 6.22. The van der Waals surface area contributed by atoms with Crippen molar-refractivity contribution in [3.63, 3.8) is 0 Å². The Hall–Kier alpha value is -1.52. The third kappa shape index (κ3) is 3.22. The Kier molecular flexibility index (Phi) is 4.01. The molecule has 0 radical (unpaired) electrons. The van der Waals surface area contributed by atoms with Crippen LogP contribution in [0.3, 0.4) is 0 Å². The van der Waals surface area contributed by atoms with Gasteiger partial charge < -0.3 is 14.6 Å². The number of aryl methyl sites for hydroxylation is 1. The number of aromatic nitrogens is 1. The van der Waals surface area contributed by atoms with Gasteiger partial charge in [-0.05, 0) is 12.8 Å². The fourth-order valence-corrected chi connectivity index (χ4v) is 1.84. The molecule has 0 atom stereocenters. The molecule has 0 unspecified atom stereocenters. The molecule has 2 rings (SSSR count). The molecule has 1 aliphatic heterocycles. The molecular weight excluding hydrogens is 216 g/mol. The number of hydrogen-bond acceptors (Lipinski definition) is 5. The molecule has 0 aliphatic carbocycles. The van der Waals surface area contributed by atoms with Crippen LogP contribution >= 0.6 is 0 Å². The fourth-order valence-electron chi connectivity index (χ4n) is 1.84. The van der Waals surface area contributed by atoms with Crippen molar-refractivity contribution in [1.29, 1.82) is 0 Å². The van der Waals surface area contributed by atoms with Gasteiger partial charge in [0, 0.05) is 26.6 Å². The van der Waals surface area contributed by atoms with E-state index in [0.717, 1.165) is 50.0 Å². The van der Waals surface area contributed by atoms with Gasteiger partial charge in [0.25, 0.3) is 0 Å². The first-order valence-corrected chi connectivity index (χ1v) is 6.22. The van der Waals surface area contributed by atoms with Gasteiger partial charge in [-0.15, -0.1) is 0 Å². The predicted molar refractivity (Wildman–Crippen MR) is 66.9 cm³/mol. The lowest BCUT2D eigenvalue weighted by atomic mass is 10.3. The zero-order chi connectivity index (χ0) is 12.1. The maximum Gasteiger partial charge on any atom is 0.194 e. The molecule has 1 aliphatic rings. The van der Waals surface area contributed by atoms with Gasteiger partial charge in [0.1, 0.15) is 5.76 Å². The molecule has 5 nitrogen and oxygen atoms in total. The van der Waals surface area contributed by atoms with Crippen molar-refractivity contribution >= 4 is 5.96 Å². The van der Waals surface area contributed by atoms with Gasteiger partial charge in [0.2, 0.25) is 0 Å². The van der Waals surface area contributed by atoms with Gasteiger partial charge in [0.15, 0.2) is 11.9 Å². The van der Waals surface area contributed by atoms with E-state index < -0.39 is 0 Å². The van der Waals surface area contributed by atoms with Crippen LogP contribution in [0.5, 0.6) is 0 Å². The molecule has 94 valence electrons. The van der Waals surface area contributed by atoms with Gasteiger partial charge in [-0.25, -0.2) is 4.98 Å². The van der Waals surface area contributed by atoms with E-state index in [-0.39, 0.29) is 0 Å². The lowest BCUT2D eigenvalue weighted by Gasteiger charge is -2.25. The third-order valence-electron chi connectivity index (χ3n) is 2.76. The van der Waals surface area contributed by atoms with Gasteiger partial charge in [-0.3, -0.25) is 4.99 Å². The van der Waals surface area contributed by atoms with E-state index in [1.165, 1.54) is 0 Å². The number of hydrogen-bond donors (Lipinski definition) is 1. The van der Waals surface area contributed by atoms with Crippen LogP contribution in [0.4, 0.5) is 0 Å². The lowest BCUT2D eigenvalue weighted by molar-refractivity contribution is 0.424. The summed E-state index contributed by atoms with van der Waals surface area (Å²) in [6, 6.07) is 0. The van der Waals surface area contributed by atoms with Crippen molar-refractivity contribution in [2.24, 2.45) is 4.99 Å². The smallest absolute Gasteiger partial charge is 0.194 e. The normalized spacial score (nSPS) is 15.9. The van der Waals surface area contributed by atoms with Gasteiger partial charge in [0.05, 0.1) is 12.7 Å². The first-order chi connectivity index (χ1) is 8.29. The van der Waals surface area contributed by atoms with E-state index in [4.69, 9.17) is 4.42 Å². The maximum absolute atomic E-state index is 5.60. The van der Waals surface area contributed by atoms with Gasteiger partial charge in [-0.1, -0.05) is 6.92 Å². The second-order valence-electron chi connectivity index (χ2n) is 4.30. The zero-order valence-corrected chi connectivity index (χ0v) is 10.6. The Morgan fingerprint density at radius 3 is 3.18 bits per heavy atom. The standard InChI is InChI=1S/C12H20N4O/c1-3-5-11-14-8-10(17-11)9-15-12-13-6-4-7-16(12)2/h8H,3-7,9H2,1-2H3,(H,13,15). The maximum atomic E-state index is 5.60. The fraction of sp³-hybridized carbons (Fsp3) is 0.667. The molecule has 0 aromatic carbocycles. The Balaban J connectivity index is 1.86. The van der Waals surface area contributed by atoms with Gasteiger partial charge in [-0.2, -0.15) is 0 Å². The van der Waals surface area contributed by atoms with Crippen LogP contribution in [-0.4, -0.2) is 36.0 Å². The molecule has 0 amide bonds. The van der Waals surface area contributed by atoms with E-state index in [1.807, 2.05) is 7.05 Å². The molecule has 2 heterocycles. The van der Waals surface area contributed by atoms with Crippen LogP contribution < -0.4 is 5.32 Å². The van der Waals surface area contributed by atoms with Crippen molar-refractivity contribution in [2.45, 2.75) is 32.7 Å². The largest absolute Gasteiger partial charge is 0.444 e. The topological polar surface area (TPSA) is 53.7 Å². The van der Waals surface area contributed by atoms with Crippen molar-refractivity contribution in [3.8, 4) is 0 Å². The summed E-state index contributed by atoms with van der Waals surface area (Å²) in [5, 5.41) is 3.29. The van der Waals surface area contributed by atoms with Crippen LogP contribution in [0.2, 0.25) is 0 Å². The molecular formula is C12H20N4O. The lowest BCUT2D eigenvalue weighted by Crippen LogP contribution is -2.41. The van der Waals surface area contributed by atoms with Crippen molar-refractivity contribution in [1.82, 2.24) is 15.2 Å². The summed E-state index contributed by atoms with van der Waals surface area (Å²) in [5.41, 5.74) is 0. The van der Waals surface area contributed by atoms with Gasteiger partial charge >= 0.3 is 0 Å². The highest BCUT2D eigenvalue weighted by Gasteiger charge is 2.11. The van der Waals surface area contributed by atoms with Crippen LogP contribution in [0.15, 0.2) is 15.6 Å². The Morgan fingerprint density at radius 1 is 1.53 bits per heavy atom. The quantitative estimate of drug-likeness (QED) is 0.858. The number of nitrogens with one attached hydrogen (secondary N) is 1. The van der Waals surface area contributed by atoms with E-state index >= 15 is 0 Å². The average Bonchev–Trinajstić information content (AvgIpc) is 2.76. The predicted octanol–water partition coefficient (Wildman–Crippen LogP) is 1.41. The molecule has 1 N–H and O–H groups in total.